The van der Waals surface area contributed by atoms with E-state index >= 15 is 4.79 Å². The summed E-state index contributed by atoms with van der Waals surface area (Å²) in [6.45, 7) is 20.0. The lowest BCUT2D eigenvalue weighted by Crippen LogP contribution is -2.67. The number of hydrazine groups is 1. The Hall–Kier alpha value is -5.43. The van der Waals surface area contributed by atoms with Crippen LogP contribution in [-0.4, -0.2) is 170 Å². The molecule has 17 nitrogen and oxygen atoms in total. The lowest BCUT2D eigenvalue weighted by atomic mass is 9.84. The molecule has 0 aliphatic carbocycles. The maximum absolute atomic E-state index is 15.0. The number of amides is 5. The van der Waals surface area contributed by atoms with Gasteiger partial charge in [0, 0.05) is 110 Å². The van der Waals surface area contributed by atoms with Crippen LogP contribution in [-0.2, 0) is 46.4 Å². The van der Waals surface area contributed by atoms with Crippen LogP contribution in [0.1, 0.15) is 104 Å². The van der Waals surface area contributed by atoms with E-state index in [9.17, 15) is 19.2 Å². The highest BCUT2D eigenvalue weighted by Gasteiger charge is 2.46. The van der Waals surface area contributed by atoms with Gasteiger partial charge in [0.15, 0.2) is 6.54 Å². The van der Waals surface area contributed by atoms with E-state index in [1.54, 1.807) is 24.0 Å². The van der Waals surface area contributed by atoms with Crippen molar-refractivity contribution in [1.29, 1.82) is 0 Å². The van der Waals surface area contributed by atoms with E-state index in [0.717, 1.165) is 58.5 Å². The van der Waals surface area contributed by atoms with Gasteiger partial charge in [-0.15, -0.1) is 0 Å². The Balaban J connectivity index is 1.10. The van der Waals surface area contributed by atoms with Gasteiger partial charge in [0.1, 0.15) is 23.5 Å². The highest BCUT2D eigenvalue weighted by Crippen LogP contribution is 2.42. The zero-order valence-corrected chi connectivity index (χ0v) is 46.1. The van der Waals surface area contributed by atoms with Crippen LogP contribution in [0.3, 0.4) is 0 Å². The molecule has 0 saturated carbocycles. The number of esters is 1. The maximum Gasteiger partial charge on any atom is 0.323 e. The normalized spacial score (nSPS) is 24.6. The highest BCUT2D eigenvalue weighted by molar-refractivity contribution is 6.27. The molecule has 5 aliphatic heterocycles. The summed E-state index contributed by atoms with van der Waals surface area (Å²) < 4.78 is 23.1. The number of carbonyl (C=O) groups excluding carboxylic acids is 5. The van der Waals surface area contributed by atoms with Crippen molar-refractivity contribution in [3.05, 3.63) is 60.4 Å². The number of rotatable bonds is 9. The molecule has 18 heteroatoms. The zero-order valence-electron chi connectivity index (χ0n) is 44.1. The van der Waals surface area contributed by atoms with Crippen LogP contribution in [0.5, 0.6) is 0 Å². The fraction of sp³-hybridized carbons (Fsp3) is 0.611. The van der Waals surface area contributed by atoms with Gasteiger partial charge in [0.05, 0.1) is 42.9 Å². The van der Waals surface area contributed by atoms with Crippen molar-refractivity contribution in [3.8, 4) is 11.3 Å². The molecule has 5 aliphatic rings. The number of nitrogens with one attached hydrogen (secondary N) is 2. The molecule has 390 valence electrons. The molecule has 1 aromatic carbocycles. The third kappa shape index (κ3) is 10.8. The number of ether oxygens (including phenoxy) is 3. The minimum absolute atomic E-state index is 0.00858. The molecule has 6 bridgehead atoms. The number of piperidine rings is 1. The summed E-state index contributed by atoms with van der Waals surface area (Å²) in [7, 11) is 3.73. The fourth-order valence-corrected chi connectivity index (χ4v) is 12.6. The summed E-state index contributed by atoms with van der Waals surface area (Å²) in [5.41, 5.74) is 8.52. The first-order chi connectivity index (χ1) is 34.3. The average molecular weight is 1010 g/mol. The quantitative estimate of drug-likeness (QED) is 0.133. The number of aryl methyl sites for hydroxylation is 1. The largest absolute Gasteiger partial charge is 0.464 e. The van der Waals surface area contributed by atoms with Crippen LogP contribution in [0.2, 0.25) is 0 Å². The summed E-state index contributed by atoms with van der Waals surface area (Å²) in [4.78, 5) is 80.8. The number of aromatic nitrogens is 2. The molecule has 3 aromatic rings. The predicted molar refractivity (Wildman–Crippen MR) is 280 cm³/mol. The molecule has 7 heterocycles. The average Bonchev–Trinajstić information content (AvgIpc) is 3.67. The summed E-state index contributed by atoms with van der Waals surface area (Å²) in [6.07, 6.45) is 9.89. The van der Waals surface area contributed by atoms with E-state index in [1.807, 2.05) is 33.0 Å². The molecular formula is C54H78N9O8Si+. The van der Waals surface area contributed by atoms with Gasteiger partial charge in [-0.25, -0.2) is 14.8 Å². The molecule has 5 amide bonds. The van der Waals surface area contributed by atoms with Crippen LogP contribution in [0, 0.1) is 17.3 Å². The Bertz CT molecular complexity index is 2590. The fourth-order valence-electron chi connectivity index (χ4n) is 11.9. The number of hydrogen-bond acceptors (Lipinski definition) is 10. The summed E-state index contributed by atoms with van der Waals surface area (Å²) in [5, 5.41) is 4.77. The van der Waals surface area contributed by atoms with Gasteiger partial charge in [-0.2, -0.15) is 0 Å². The van der Waals surface area contributed by atoms with Crippen LogP contribution in [0.4, 0.5) is 10.5 Å². The number of benzene rings is 1. The maximum atomic E-state index is 15.0. The molecule has 1 unspecified atom stereocenters. The van der Waals surface area contributed by atoms with Gasteiger partial charge in [0.25, 0.3) is 5.91 Å². The van der Waals surface area contributed by atoms with Crippen LogP contribution >= 0.6 is 0 Å². The minimum atomic E-state index is -1.07. The minimum Gasteiger partial charge on any atom is -0.464 e. The Labute approximate surface area is 428 Å². The lowest BCUT2D eigenvalue weighted by Gasteiger charge is -2.47. The Morgan fingerprint density at radius 2 is 1.86 bits per heavy atom. The predicted octanol–water partition coefficient (Wildman–Crippen LogP) is 4.70. The van der Waals surface area contributed by atoms with E-state index in [4.69, 9.17) is 19.2 Å². The van der Waals surface area contributed by atoms with Crippen LogP contribution in [0.25, 0.3) is 22.2 Å². The van der Waals surface area contributed by atoms with Crippen molar-refractivity contribution in [2.75, 3.05) is 66.6 Å². The zero-order chi connectivity index (χ0) is 51.7. The molecule has 5 atom stereocenters. The number of methoxy groups -OCH3 is 1. The SMILES string of the molecule is C=CC(=O)N1CCOC2(CCN(C(=O)N(C)[C@H](C(=O)N[C@H]3CC4CCC=[N+](C4)c4ccc5c(c4)c(c(-c4cccnc4[C@H](C)OC)n5CC)CC(C)(C)COC(=O)[C@@]4([SiH3])CCCN(N4)C3=O)C(C)C)CC2)C1. The van der Waals surface area contributed by atoms with Crippen molar-refractivity contribution in [2.24, 2.45) is 17.3 Å². The number of pyridine rings is 1. The first-order valence-electron chi connectivity index (χ1n) is 26.2. The van der Waals surface area contributed by atoms with Crippen molar-refractivity contribution in [2.45, 2.75) is 128 Å². The summed E-state index contributed by atoms with van der Waals surface area (Å²) in [5.74, 6) is -1.53. The van der Waals surface area contributed by atoms with Gasteiger partial charge < -0.3 is 38.8 Å². The number of fused-ring (bicyclic) bond motifs is 6. The highest BCUT2D eigenvalue weighted by atomic mass is 28.1. The first-order valence-corrected chi connectivity index (χ1v) is 27.2. The summed E-state index contributed by atoms with van der Waals surface area (Å²) >= 11 is 0. The van der Waals surface area contributed by atoms with E-state index in [0.29, 0.717) is 94.6 Å². The van der Waals surface area contributed by atoms with E-state index in [-0.39, 0.29) is 48.4 Å². The standard InChI is InChI=1S/C54H77N9O8Si/c1-10-44(64)61-27-28-71-53(33-61)20-25-59(26-21-53)51(68)58(8)46(35(3)4)48(65)56-42-29-37-15-13-23-60(32-37)38-17-18-43-40(30-38)41(47(62(43)11-2)39-16-12-22-55-45(39)36(5)69-9)31-52(6,7)34-70-50(67)54(72)19-14-24-63(57-54)49(42)66/h10,12,16-18,22-23,30,35-37,42,46,57H,1,11,13-15,19-21,24-29,31-34H2,2-9,72H3/p+1/t36-,37?,42-,46-,54-/m0/s1. The van der Waals surface area contributed by atoms with Crippen LogP contribution < -0.4 is 10.7 Å². The lowest BCUT2D eigenvalue weighted by molar-refractivity contribution is -0.451. The second kappa shape index (κ2) is 21.6. The number of urea groups is 1. The number of morpholine rings is 1. The molecule has 3 fully saturated rings. The third-order valence-electron chi connectivity index (χ3n) is 15.9. The van der Waals surface area contributed by atoms with Crippen molar-refractivity contribution < 1.29 is 42.8 Å². The Morgan fingerprint density at radius 3 is 2.57 bits per heavy atom. The van der Waals surface area contributed by atoms with Crippen LogP contribution in [0.15, 0.2) is 49.2 Å². The monoisotopic (exact) mass is 1010 g/mol. The van der Waals surface area contributed by atoms with E-state index in [1.165, 1.54) is 16.0 Å². The number of hydrogen-bond donors (Lipinski definition) is 2. The smallest absolute Gasteiger partial charge is 0.323 e. The number of carbonyl (C=O) groups is 5. The first kappa shape index (κ1) is 52.9. The second-order valence-electron chi connectivity index (χ2n) is 22.2. The molecular weight excluding hydrogens is 931 g/mol. The van der Waals surface area contributed by atoms with Gasteiger partial charge in [-0.05, 0) is 94.5 Å². The van der Waals surface area contributed by atoms with Crippen molar-refractivity contribution in [3.63, 3.8) is 0 Å². The number of likely N-dealkylation sites (tertiary alicyclic amines) is 1. The van der Waals surface area contributed by atoms with E-state index in [2.05, 4.69) is 77.7 Å². The van der Waals surface area contributed by atoms with Gasteiger partial charge >= 0.3 is 12.0 Å². The number of likely N-dealkylation sites (N-methyl/N-ethyl adjacent to an activating group) is 1. The van der Waals surface area contributed by atoms with Crippen molar-refractivity contribution in [1.82, 2.24) is 40.0 Å². The molecule has 2 aromatic heterocycles. The van der Waals surface area contributed by atoms with Gasteiger partial charge in [-0.3, -0.25) is 29.2 Å². The molecule has 72 heavy (non-hydrogen) atoms. The van der Waals surface area contributed by atoms with Gasteiger partial charge in [0.2, 0.25) is 17.5 Å². The van der Waals surface area contributed by atoms with Gasteiger partial charge in [-0.1, -0.05) is 34.3 Å². The molecule has 0 radical (unpaired) electrons. The number of cyclic esters (lactones) is 1. The number of nitrogens with zero attached hydrogens (tertiary/aromatic N) is 7. The topological polar surface area (TPSA) is 171 Å². The molecule has 8 rings (SSSR count). The molecule has 3 saturated heterocycles. The molecule has 2 N–H and O–H groups in total. The van der Waals surface area contributed by atoms with Crippen molar-refractivity contribution >= 4 is 62.8 Å². The molecule has 1 spiro atoms. The Morgan fingerprint density at radius 1 is 1.10 bits per heavy atom. The second-order valence-corrected chi connectivity index (χ2v) is 23.9. The summed E-state index contributed by atoms with van der Waals surface area (Å²) in [6, 6.07) is 8.63. The van der Waals surface area contributed by atoms with E-state index < -0.39 is 34.2 Å². The third-order valence-corrected chi connectivity index (χ3v) is 17.0. The Kier molecular flexibility index (Phi) is 15.8.